The van der Waals surface area contributed by atoms with E-state index in [1.807, 2.05) is 0 Å². The van der Waals surface area contributed by atoms with Crippen LogP contribution in [0.15, 0.2) is 35.1 Å². The van der Waals surface area contributed by atoms with Crippen LogP contribution in [0.1, 0.15) is 6.42 Å². The fourth-order valence-corrected chi connectivity index (χ4v) is 2.40. The Bertz CT molecular complexity index is 949. The second kappa shape index (κ2) is 6.79. The van der Waals surface area contributed by atoms with E-state index in [4.69, 9.17) is 9.89 Å². The van der Waals surface area contributed by atoms with E-state index in [9.17, 15) is 10.1 Å². The number of benzene rings is 1. The number of anilines is 3. The fourth-order valence-electron chi connectivity index (χ4n) is 2.40. The molecule has 1 N–H and O–H groups in total. The summed E-state index contributed by atoms with van der Waals surface area (Å²) in [5, 5.41) is 30.7. The van der Waals surface area contributed by atoms with E-state index in [0.29, 0.717) is 24.5 Å². The highest BCUT2D eigenvalue weighted by molar-refractivity contribution is 6.00. The summed E-state index contributed by atoms with van der Waals surface area (Å²) in [6.45, 7) is 0.430. The Balaban J connectivity index is 2.15. The van der Waals surface area contributed by atoms with Crippen LogP contribution in [0.2, 0.25) is 0 Å². The molecule has 126 valence electrons. The molecule has 2 aromatic heterocycles. The van der Waals surface area contributed by atoms with Gasteiger partial charge in [0.05, 0.1) is 23.1 Å². The van der Waals surface area contributed by atoms with Gasteiger partial charge < -0.3 is 10.2 Å². The number of nitrogens with zero attached hydrogens (tertiary/aromatic N) is 6. The molecular formula is C15H13N7O3. The molecule has 10 nitrogen and oxygen atoms in total. The molecule has 0 aliphatic carbocycles. The molecule has 3 rings (SSSR count). The number of rotatable bonds is 6. The molecule has 0 radical (unpaired) electrons. The highest BCUT2D eigenvalue weighted by Gasteiger charge is 2.27. The normalized spacial score (nSPS) is 10.4. The first-order valence-corrected chi connectivity index (χ1v) is 7.31. The zero-order valence-electron chi connectivity index (χ0n) is 13.2. The Morgan fingerprint density at radius 1 is 1.40 bits per heavy atom. The predicted octanol–water partition coefficient (Wildman–Crippen LogP) is 2.62. The molecule has 0 saturated carbocycles. The van der Waals surface area contributed by atoms with Gasteiger partial charge in [-0.15, -0.1) is 0 Å². The molecule has 0 saturated heterocycles. The lowest BCUT2D eigenvalue weighted by atomic mass is 10.1. The summed E-state index contributed by atoms with van der Waals surface area (Å²) in [7, 11) is 1.76. The van der Waals surface area contributed by atoms with Crippen molar-refractivity contribution in [2.75, 3.05) is 23.8 Å². The lowest BCUT2D eigenvalue weighted by Gasteiger charge is -2.19. The minimum absolute atomic E-state index is 0.0322. The summed E-state index contributed by atoms with van der Waals surface area (Å²) < 4.78 is 4.72. The molecule has 0 amide bonds. The zero-order chi connectivity index (χ0) is 17.8. The van der Waals surface area contributed by atoms with E-state index in [0.717, 1.165) is 0 Å². The molecule has 25 heavy (non-hydrogen) atoms. The van der Waals surface area contributed by atoms with E-state index in [2.05, 4.69) is 26.7 Å². The maximum Gasteiger partial charge on any atom is 0.324 e. The third-order valence-corrected chi connectivity index (χ3v) is 3.57. The first-order valence-electron chi connectivity index (χ1n) is 7.31. The van der Waals surface area contributed by atoms with Gasteiger partial charge in [-0.1, -0.05) is 6.07 Å². The summed E-state index contributed by atoms with van der Waals surface area (Å²) in [5.41, 5.74) is 0.823. The second-order valence-corrected chi connectivity index (χ2v) is 5.18. The smallest absolute Gasteiger partial charge is 0.324 e. The zero-order valence-corrected chi connectivity index (χ0v) is 13.2. The van der Waals surface area contributed by atoms with Gasteiger partial charge in [-0.05, 0) is 28.5 Å². The maximum atomic E-state index is 11.6. The second-order valence-electron chi connectivity index (χ2n) is 5.18. The lowest BCUT2D eigenvalue weighted by molar-refractivity contribution is -0.382. The average molecular weight is 339 g/mol. The molecule has 0 bridgehead atoms. The van der Waals surface area contributed by atoms with Crippen molar-refractivity contribution in [2.45, 2.75) is 6.42 Å². The minimum Gasteiger partial charge on any atom is -0.372 e. The Labute approximate surface area is 141 Å². The average Bonchev–Trinajstić information content (AvgIpc) is 3.08. The van der Waals surface area contributed by atoms with E-state index in [-0.39, 0.29) is 22.4 Å². The predicted molar refractivity (Wildman–Crippen MR) is 89.5 cm³/mol. The number of nitro groups is 1. The van der Waals surface area contributed by atoms with Crippen LogP contribution in [-0.4, -0.2) is 33.8 Å². The van der Waals surface area contributed by atoms with Gasteiger partial charge in [-0.2, -0.15) is 5.26 Å². The molecule has 0 spiro atoms. The van der Waals surface area contributed by atoms with Gasteiger partial charge in [0.25, 0.3) is 0 Å². The van der Waals surface area contributed by atoms with E-state index in [1.165, 1.54) is 0 Å². The quantitative estimate of drug-likeness (QED) is 0.531. The topological polar surface area (TPSA) is 134 Å². The van der Waals surface area contributed by atoms with Gasteiger partial charge in [-0.3, -0.25) is 10.1 Å². The van der Waals surface area contributed by atoms with Crippen molar-refractivity contribution in [3.63, 3.8) is 0 Å². The van der Waals surface area contributed by atoms with Gasteiger partial charge in [-0.25, -0.2) is 9.61 Å². The fraction of sp³-hybridized carbons (Fsp3) is 0.200. The standard InChI is InChI=1S/C15H13N7O3/c1-21(8-4-6-16)11-9-10(18-12-5-2-3-7-17-12)15(22(23)24)14-13(11)19-25-20-14/h2-3,5,7,9H,4,8H2,1H3,(H,17,18). The summed E-state index contributed by atoms with van der Waals surface area (Å²) in [5.74, 6) is 0.451. The SMILES string of the molecule is CN(CCC#N)c1cc(Nc2ccccn2)c([N+](=O)[O-])c2nonc12. The van der Waals surface area contributed by atoms with Gasteiger partial charge in [0.15, 0.2) is 5.52 Å². The molecule has 2 heterocycles. The molecule has 0 atom stereocenters. The van der Waals surface area contributed by atoms with Crippen molar-refractivity contribution in [2.24, 2.45) is 0 Å². The van der Waals surface area contributed by atoms with Crippen molar-refractivity contribution < 1.29 is 9.55 Å². The summed E-state index contributed by atoms with van der Waals surface area (Å²) in [6, 6.07) is 8.83. The molecule has 0 fully saturated rings. The van der Waals surface area contributed by atoms with Crippen molar-refractivity contribution in [1.82, 2.24) is 15.3 Å². The number of aromatic nitrogens is 3. The highest BCUT2D eigenvalue weighted by Crippen LogP contribution is 2.39. The number of nitrogens with one attached hydrogen (secondary N) is 1. The number of pyridine rings is 1. The van der Waals surface area contributed by atoms with Crippen molar-refractivity contribution in [3.05, 3.63) is 40.6 Å². The van der Waals surface area contributed by atoms with Crippen LogP contribution in [0.4, 0.5) is 22.9 Å². The third-order valence-electron chi connectivity index (χ3n) is 3.57. The highest BCUT2D eigenvalue weighted by atomic mass is 16.6. The molecule has 1 aromatic carbocycles. The van der Waals surface area contributed by atoms with Crippen molar-refractivity contribution >= 4 is 33.9 Å². The van der Waals surface area contributed by atoms with Crippen LogP contribution < -0.4 is 10.2 Å². The Hall–Kier alpha value is -3.74. The molecule has 0 aliphatic heterocycles. The van der Waals surface area contributed by atoms with Crippen LogP contribution >= 0.6 is 0 Å². The van der Waals surface area contributed by atoms with Gasteiger partial charge in [0.2, 0.25) is 5.52 Å². The summed E-state index contributed by atoms with van der Waals surface area (Å²) >= 11 is 0. The first kappa shape index (κ1) is 16.1. The van der Waals surface area contributed by atoms with Crippen molar-refractivity contribution in [1.29, 1.82) is 5.26 Å². The Kier molecular flexibility index (Phi) is 4.38. The molecule has 0 aliphatic rings. The molecular weight excluding hydrogens is 326 g/mol. The van der Waals surface area contributed by atoms with Gasteiger partial charge >= 0.3 is 5.69 Å². The number of nitriles is 1. The summed E-state index contributed by atoms with van der Waals surface area (Å²) in [4.78, 5) is 16.9. The van der Waals surface area contributed by atoms with Crippen molar-refractivity contribution in [3.8, 4) is 6.07 Å². The number of hydrogen-bond acceptors (Lipinski definition) is 9. The Morgan fingerprint density at radius 3 is 2.88 bits per heavy atom. The summed E-state index contributed by atoms with van der Waals surface area (Å²) in [6.07, 6.45) is 1.87. The van der Waals surface area contributed by atoms with Crippen LogP contribution in [-0.2, 0) is 0 Å². The molecule has 3 aromatic rings. The third kappa shape index (κ3) is 3.16. The minimum atomic E-state index is -0.545. The van der Waals surface area contributed by atoms with E-state index >= 15 is 0 Å². The number of fused-ring (bicyclic) bond motifs is 1. The van der Waals surface area contributed by atoms with Crippen LogP contribution in [0.3, 0.4) is 0 Å². The molecule has 0 unspecified atom stereocenters. The number of hydrogen-bond donors (Lipinski definition) is 1. The number of nitro benzene ring substituents is 1. The maximum absolute atomic E-state index is 11.6. The largest absolute Gasteiger partial charge is 0.372 e. The van der Waals surface area contributed by atoms with Gasteiger partial charge in [0, 0.05) is 19.8 Å². The van der Waals surface area contributed by atoms with Gasteiger partial charge in [0.1, 0.15) is 11.5 Å². The van der Waals surface area contributed by atoms with Crippen LogP contribution in [0.25, 0.3) is 11.0 Å². The van der Waals surface area contributed by atoms with E-state index < -0.39 is 4.92 Å². The Morgan fingerprint density at radius 2 is 2.20 bits per heavy atom. The lowest BCUT2D eigenvalue weighted by Crippen LogP contribution is -2.19. The molecule has 10 heteroatoms. The first-order chi connectivity index (χ1) is 12.1. The van der Waals surface area contributed by atoms with Crippen LogP contribution in [0, 0.1) is 21.4 Å². The van der Waals surface area contributed by atoms with Crippen LogP contribution in [0.5, 0.6) is 0 Å². The monoisotopic (exact) mass is 339 g/mol. The van der Waals surface area contributed by atoms with E-state index in [1.54, 1.807) is 42.4 Å².